The summed E-state index contributed by atoms with van der Waals surface area (Å²) >= 11 is 6.09. The minimum Gasteiger partial charge on any atom is -0.467 e. The van der Waals surface area contributed by atoms with Crippen LogP contribution >= 0.6 is 11.6 Å². The number of anilines is 1. The Bertz CT molecular complexity index is 513. The summed E-state index contributed by atoms with van der Waals surface area (Å²) in [6.07, 6.45) is 3.07. The molecule has 5 nitrogen and oxygen atoms in total. The molecule has 0 N–H and O–H groups in total. The fourth-order valence-corrected chi connectivity index (χ4v) is 2.38. The maximum atomic E-state index is 11.6. The molecule has 2 heterocycles. The highest BCUT2D eigenvalue weighted by Gasteiger charge is 2.33. The van der Waals surface area contributed by atoms with Crippen molar-refractivity contribution in [1.82, 2.24) is 4.98 Å². The number of hydrogen-bond donors (Lipinski definition) is 0. The normalized spacial score (nSPS) is 18.5. The van der Waals surface area contributed by atoms with Crippen molar-refractivity contribution in [2.24, 2.45) is 0 Å². The van der Waals surface area contributed by atoms with Gasteiger partial charge in [0.1, 0.15) is 17.9 Å². The van der Waals surface area contributed by atoms with E-state index in [1.165, 1.54) is 13.3 Å². The largest absolute Gasteiger partial charge is 0.467 e. The molecule has 2 rings (SSSR count). The fourth-order valence-electron chi connectivity index (χ4n) is 2.10. The zero-order valence-corrected chi connectivity index (χ0v) is 10.6. The van der Waals surface area contributed by atoms with Gasteiger partial charge in [-0.25, -0.2) is 9.78 Å². The van der Waals surface area contributed by atoms with Crippen LogP contribution in [0.5, 0.6) is 0 Å². The van der Waals surface area contributed by atoms with Gasteiger partial charge in [0.15, 0.2) is 0 Å². The topological polar surface area (TPSA) is 66.2 Å². The number of carbonyl (C=O) groups excluding carboxylic acids is 1. The fraction of sp³-hybridized carbons (Fsp3) is 0.417. The van der Waals surface area contributed by atoms with E-state index in [4.69, 9.17) is 21.6 Å². The van der Waals surface area contributed by atoms with Crippen molar-refractivity contribution in [2.75, 3.05) is 18.6 Å². The van der Waals surface area contributed by atoms with Crippen LogP contribution < -0.4 is 4.90 Å². The maximum Gasteiger partial charge on any atom is 0.328 e. The van der Waals surface area contributed by atoms with E-state index in [9.17, 15) is 4.79 Å². The van der Waals surface area contributed by atoms with Crippen LogP contribution in [-0.2, 0) is 9.53 Å². The van der Waals surface area contributed by atoms with Crippen LogP contribution in [-0.4, -0.2) is 30.6 Å². The van der Waals surface area contributed by atoms with Gasteiger partial charge in [0.05, 0.1) is 17.7 Å². The number of hydrogen-bond acceptors (Lipinski definition) is 5. The lowest BCUT2D eigenvalue weighted by molar-refractivity contribution is -0.141. The molecule has 0 aromatic carbocycles. The van der Waals surface area contributed by atoms with E-state index in [1.54, 1.807) is 6.07 Å². The summed E-state index contributed by atoms with van der Waals surface area (Å²) in [4.78, 5) is 17.6. The van der Waals surface area contributed by atoms with Gasteiger partial charge in [-0.1, -0.05) is 11.6 Å². The molecule has 0 radical (unpaired) electrons. The van der Waals surface area contributed by atoms with Gasteiger partial charge in [0.2, 0.25) is 0 Å². The molecule has 1 saturated heterocycles. The van der Waals surface area contributed by atoms with E-state index in [0.29, 0.717) is 22.9 Å². The number of pyridine rings is 1. The second kappa shape index (κ2) is 5.23. The number of ether oxygens (including phenoxy) is 1. The Morgan fingerprint density at radius 3 is 3.11 bits per heavy atom. The van der Waals surface area contributed by atoms with Crippen molar-refractivity contribution in [3.63, 3.8) is 0 Å². The number of esters is 1. The molecule has 18 heavy (non-hydrogen) atoms. The van der Waals surface area contributed by atoms with Crippen LogP contribution in [0.25, 0.3) is 0 Å². The van der Waals surface area contributed by atoms with Crippen molar-refractivity contribution in [3.8, 4) is 6.07 Å². The number of halogens is 1. The van der Waals surface area contributed by atoms with Gasteiger partial charge in [0, 0.05) is 12.7 Å². The molecule has 1 fully saturated rings. The van der Waals surface area contributed by atoms with Crippen LogP contribution in [0.3, 0.4) is 0 Å². The van der Waals surface area contributed by atoms with E-state index in [0.717, 1.165) is 12.8 Å². The highest BCUT2D eigenvalue weighted by atomic mass is 35.5. The van der Waals surface area contributed by atoms with Crippen molar-refractivity contribution in [2.45, 2.75) is 18.9 Å². The lowest BCUT2D eigenvalue weighted by atomic mass is 10.2. The summed E-state index contributed by atoms with van der Waals surface area (Å²) in [5.41, 5.74) is 0.401. The molecule has 0 bridgehead atoms. The second-order valence-corrected chi connectivity index (χ2v) is 4.42. The van der Waals surface area contributed by atoms with Gasteiger partial charge in [-0.15, -0.1) is 0 Å². The van der Waals surface area contributed by atoms with Gasteiger partial charge < -0.3 is 9.64 Å². The van der Waals surface area contributed by atoms with Crippen molar-refractivity contribution in [1.29, 1.82) is 5.26 Å². The van der Waals surface area contributed by atoms with Gasteiger partial charge in [-0.05, 0) is 18.9 Å². The molecule has 94 valence electrons. The summed E-state index contributed by atoms with van der Waals surface area (Å²) in [5.74, 6) is 0.248. The lowest BCUT2D eigenvalue weighted by Crippen LogP contribution is -2.37. The van der Waals surface area contributed by atoms with E-state index < -0.39 is 0 Å². The third-order valence-electron chi connectivity index (χ3n) is 2.95. The Morgan fingerprint density at radius 2 is 2.50 bits per heavy atom. The number of nitriles is 1. The Labute approximate surface area is 110 Å². The number of methoxy groups -OCH3 is 1. The zero-order chi connectivity index (χ0) is 13.1. The summed E-state index contributed by atoms with van der Waals surface area (Å²) in [5, 5.41) is 9.14. The molecule has 1 aliphatic rings. The quantitative estimate of drug-likeness (QED) is 0.762. The molecule has 1 aromatic rings. The highest BCUT2D eigenvalue weighted by Crippen LogP contribution is 2.30. The smallest absolute Gasteiger partial charge is 0.328 e. The third kappa shape index (κ3) is 2.24. The monoisotopic (exact) mass is 265 g/mol. The predicted octanol–water partition coefficient (Wildman–Crippen LogP) is 1.75. The molecule has 0 saturated carbocycles. The van der Waals surface area contributed by atoms with Gasteiger partial charge >= 0.3 is 5.97 Å². The first-order valence-corrected chi connectivity index (χ1v) is 5.95. The van der Waals surface area contributed by atoms with E-state index >= 15 is 0 Å². The minimum atomic E-state index is -0.340. The molecule has 1 aliphatic heterocycles. The SMILES string of the molecule is COC(=O)[C@H]1CCCN1c1ncc(C#N)cc1Cl. The van der Waals surface area contributed by atoms with Crippen molar-refractivity contribution >= 4 is 23.4 Å². The van der Waals surface area contributed by atoms with Crippen molar-refractivity contribution in [3.05, 3.63) is 22.8 Å². The molecule has 0 spiro atoms. The van der Waals surface area contributed by atoms with E-state index in [-0.39, 0.29) is 12.0 Å². The Balaban J connectivity index is 2.31. The number of carbonyl (C=O) groups is 1. The molecular formula is C12H12ClN3O2. The first kappa shape index (κ1) is 12.7. The van der Waals surface area contributed by atoms with E-state index in [2.05, 4.69) is 4.98 Å². The lowest BCUT2D eigenvalue weighted by Gasteiger charge is -2.24. The zero-order valence-electron chi connectivity index (χ0n) is 9.89. The van der Waals surface area contributed by atoms with Crippen LogP contribution in [0, 0.1) is 11.3 Å². The predicted molar refractivity (Wildman–Crippen MR) is 66.3 cm³/mol. The molecule has 6 heteroatoms. The molecular weight excluding hydrogens is 254 g/mol. The highest BCUT2D eigenvalue weighted by molar-refractivity contribution is 6.33. The van der Waals surface area contributed by atoms with Crippen LogP contribution in [0.2, 0.25) is 5.02 Å². The Hall–Kier alpha value is -1.80. The van der Waals surface area contributed by atoms with Gasteiger partial charge in [-0.2, -0.15) is 5.26 Å². The van der Waals surface area contributed by atoms with Crippen molar-refractivity contribution < 1.29 is 9.53 Å². The maximum absolute atomic E-state index is 11.6. The Morgan fingerprint density at radius 1 is 1.72 bits per heavy atom. The molecule has 0 unspecified atom stereocenters. The first-order chi connectivity index (χ1) is 8.67. The molecule has 0 amide bonds. The third-order valence-corrected chi connectivity index (χ3v) is 3.23. The average Bonchev–Trinajstić information content (AvgIpc) is 2.86. The number of rotatable bonds is 2. The number of aromatic nitrogens is 1. The standard InChI is InChI=1S/C12H12ClN3O2/c1-18-12(17)10-3-2-4-16(10)11-9(13)5-8(6-14)7-15-11/h5,7,10H,2-4H2,1H3/t10-/m1/s1. The summed E-state index contributed by atoms with van der Waals surface area (Å²) < 4.78 is 4.77. The molecule has 1 atom stereocenters. The number of nitrogens with zero attached hydrogens (tertiary/aromatic N) is 3. The van der Waals surface area contributed by atoms with E-state index in [1.807, 2.05) is 11.0 Å². The summed E-state index contributed by atoms with van der Waals surface area (Å²) in [7, 11) is 1.37. The Kier molecular flexibility index (Phi) is 3.68. The molecule has 0 aliphatic carbocycles. The minimum absolute atomic E-state index is 0.283. The van der Waals surface area contributed by atoms with Crippen LogP contribution in [0.15, 0.2) is 12.3 Å². The second-order valence-electron chi connectivity index (χ2n) is 4.02. The van der Waals surface area contributed by atoms with Crippen LogP contribution in [0.1, 0.15) is 18.4 Å². The first-order valence-electron chi connectivity index (χ1n) is 5.57. The summed E-state index contributed by atoms with van der Waals surface area (Å²) in [6, 6.07) is 3.19. The average molecular weight is 266 g/mol. The van der Waals surface area contributed by atoms with Gasteiger partial charge in [0.25, 0.3) is 0 Å². The van der Waals surface area contributed by atoms with Crippen LogP contribution in [0.4, 0.5) is 5.82 Å². The molecule has 1 aromatic heterocycles. The summed E-state index contributed by atoms with van der Waals surface area (Å²) in [6.45, 7) is 0.707. The van der Waals surface area contributed by atoms with Gasteiger partial charge in [-0.3, -0.25) is 0 Å².